The number of likely N-dealkylation sites (N-methyl/N-ethyl adjacent to an activating group) is 2. The monoisotopic (exact) mass is 296 g/mol. The summed E-state index contributed by atoms with van der Waals surface area (Å²) in [6.45, 7) is 2.42. The summed E-state index contributed by atoms with van der Waals surface area (Å²) < 4.78 is 0. The van der Waals surface area contributed by atoms with Crippen molar-refractivity contribution in [2.75, 3.05) is 32.1 Å². The van der Waals surface area contributed by atoms with Crippen LogP contribution in [0.1, 0.15) is 18.4 Å². The first-order valence-corrected chi connectivity index (χ1v) is 7.39. The molecule has 1 aromatic carbocycles. The Bertz CT molecular complexity index is 350. The number of anilines is 1. The molecule has 0 aromatic heterocycles. The van der Waals surface area contributed by atoms with Gasteiger partial charge in [0, 0.05) is 30.7 Å². The van der Waals surface area contributed by atoms with Crippen LogP contribution in [0.4, 0.5) is 5.69 Å². The van der Waals surface area contributed by atoms with Crippen LogP contribution in [0.2, 0.25) is 0 Å². The fourth-order valence-corrected chi connectivity index (χ4v) is 2.86. The zero-order valence-corrected chi connectivity index (χ0v) is 12.3. The Kier molecular flexibility index (Phi) is 4.46. The smallest absolute Gasteiger partial charge is 0.0414 e. The second-order valence-electron chi connectivity index (χ2n) is 4.97. The van der Waals surface area contributed by atoms with E-state index in [1.54, 1.807) is 0 Å². The van der Waals surface area contributed by atoms with E-state index in [9.17, 15) is 0 Å². The summed E-state index contributed by atoms with van der Waals surface area (Å²) in [6, 6.07) is 9.51. The third-order valence-corrected chi connectivity index (χ3v) is 4.29. The van der Waals surface area contributed by atoms with E-state index in [-0.39, 0.29) is 0 Å². The van der Waals surface area contributed by atoms with Gasteiger partial charge in [0.1, 0.15) is 0 Å². The molecule has 0 aliphatic carbocycles. The summed E-state index contributed by atoms with van der Waals surface area (Å²) in [5, 5.41) is 0.934. The maximum Gasteiger partial charge on any atom is 0.0414 e. The molecule has 0 bridgehead atoms. The van der Waals surface area contributed by atoms with E-state index in [0.29, 0.717) is 6.04 Å². The SMILES string of the molecule is CN1CCCC(N(C)c2ccc(CBr)cc2)C1. The third-order valence-electron chi connectivity index (χ3n) is 3.65. The molecule has 1 saturated heterocycles. The molecule has 0 N–H and O–H groups in total. The molecule has 0 radical (unpaired) electrons. The van der Waals surface area contributed by atoms with Crippen LogP contribution in [0.25, 0.3) is 0 Å². The first-order chi connectivity index (χ1) is 8.20. The lowest BCUT2D eigenvalue weighted by Crippen LogP contribution is -2.45. The molecule has 1 unspecified atom stereocenters. The Morgan fingerprint density at radius 1 is 1.35 bits per heavy atom. The average molecular weight is 297 g/mol. The normalized spacial score (nSPS) is 21.5. The predicted molar refractivity (Wildman–Crippen MR) is 78.0 cm³/mol. The van der Waals surface area contributed by atoms with Gasteiger partial charge in [-0.05, 0) is 44.1 Å². The van der Waals surface area contributed by atoms with Crippen LogP contribution in [0, 0.1) is 0 Å². The van der Waals surface area contributed by atoms with Crippen molar-refractivity contribution >= 4 is 21.6 Å². The van der Waals surface area contributed by atoms with Crippen LogP contribution in [0.5, 0.6) is 0 Å². The van der Waals surface area contributed by atoms with Crippen molar-refractivity contribution in [1.82, 2.24) is 4.90 Å². The highest BCUT2D eigenvalue weighted by Crippen LogP contribution is 2.21. The molecule has 1 aliphatic heterocycles. The minimum absolute atomic E-state index is 0.656. The second-order valence-corrected chi connectivity index (χ2v) is 5.53. The minimum Gasteiger partial charge on any atom is -0.370 e. The van der Waals surface area contributed by atoms with E-state index in [0.717, 1.165) is 5.33 Å². The predicted octanol–water partition coefficient (Wildman–Crippen LogP) is 3.11. The van der Waals surface area contributed by atoms with Gasteiger partial charge in [-0.2, -0.15) is 0 Å². The third kappa shape index (κ3) is 3.23. The number of hydrogen-bond donors (Lipinski definition) is 0. The van der Waals surface area contributed by atoms with Crippen LogP contribution in [0.3, 0.4) is 0 Å². The number of benzene rings is 1. The molecule has 2 nitrogen and oxygen atoms in total. The summed E-state index contributed by atoms with van der Waals surface area (Å²) in [6.07, 6.45) is 2.62. The second kappa shape index (κ2) is 5.87. The van der Waals surface area contributed by atoms with Crippen molar-refractivity contribution in [2.45, 2.75) is 24.2 Å². The molecule has 0 spiro atoms. The van der Waals surface area contributed by atoms with Gasteiger partial charge in [0.2, 0.25) is 0 Å². The highest BCUT2D eigenvalue weighted by Gasteiger charge is 2.21. The lowest BCUT2D eigenvalue weighted by molar-refractivity contribution is 0.248. The quantitative estimate of drug-likeness (QED) is 0.791. The summed E-state index contributed by atoms with van der Waals surface area (Å²) in [7, 11) is 4.43. The lowest BCUT2D eigenvalue weighted by atomic mass is 10.0. The van der Waals surface area contributed by atoms with Gasteiger partial charge >= 0.3 is 0 Å². The van der Waals surface area contributed by atoms with Gasteiger partial charge in [-0.25, -0.2) is 0 Å². The first-order valence-electron chi connectivity index (χ1n) is 6.27. The minimum atomic E-state index is 0.656. The van der Waals surface area contributed by atoms with Gasteiger partial charge in [0.15, 0.2) is 0 Å². The average Bonchev–Trinajstić information content (AvgIpc) is 2.38. The molecule has 0 saturated carbocycles. The van der Waals surface area contributed by atoms with Gasteiger partial charge in [-0.1, -0.05) is 28.1 Å². The molecule has 0 amide bonds. The topological polar surface area (TPSA) is 6.48 Å². The van der Waals surface area contributed by atoms with Crippen LogP contribution in [-0.2, 0) is 5.33 Å². The largest absolute Gasteiger partial charge is 0.370 e. The van der Waals surface area contributed by atoms with Gasteiger partial charge < -0.3 is 9.80 Å². The maximum absolute atomic E-state index is 3.48. The van der Waals surface area contributed by atoms with E-state index in [1.807, 2.05) is 0 Å². The molecule has 1 aromatic rings. The van der Waals surface area contributed by atoms with Crippen LogP contribution in [0.15, 0.2) is 24.3 Å². The Hall–Kier alpha value is -0.540. The Balaban J connectivity index is 2.04. The zero-order valence-electron chi connectivity index (χ0n) is 10.7. The van der Waals surface area contributed by atoms with E-state index in [4.69, 9.17) is 0 Å². The van der Waals surface area contributed by atoms with Crippen molar-refractivity contribution in [1.29, 1.82) is 0 Å². The number of halogens is 1. The molecule has 17 heavy (non-hydrogen) atoms. The number of rotatable bonds is 3. The van der Waals surface area contributed by atoms with Crippen LogP contribution >= 0.6 is 15.9 Å². The number of alkyl halides is 1. The van der Waals surface area contributed by atoms with Crippen molar-refractivity contribution in [3.8, 4) is 0 Å². The fraction of sp³-hybridized carbons (Fsp3) is 0.571. The molecule has 1 fully saturated rings. The van der Waals surface area contributed by atoms with E-state index in [2.05, 4.69) is 64.1 Å². The van der Waals surface area contributed by atoms with Crippen molar-refractivity contribution in [3.05, 3.63) is 29.8 Å². The fourth-order valence-electron chi connectivity index (χ4n) is 2.49. The molecule has 1 atom stereocenters. The number of nitrogens with zero attached hydrogens (tertiary/aromatic N) is 2. The van der Waals surface area contributed by atoms with Gasteiger partial charge in [-0.15, -0.1) is 0 Å². The van der Waals surface area contributed by atoms with Gasteiger partial charge in [0.05, 0.1) is 0 Å². The Morgan fingerprint density at radius 2 is 2.06 bits per heavy atom. The zero-order chi connectivity index (χ0) is 12.3. The maximum atomic E-state index is 3.48. The van der Waals surface area contributed by atoms with E-state index >= 15 is 0 Å². The Labute approximate surface area is 113 Å². The van der Waals surface area contributed by atoms with Gasteiger partial charge in [-0.3, -0.25) is 0 Å². The number of hydrogen-bond acceptors (Lipinski definition) is 2. The molecule has 2 rings (SSSR count). The lowest BCUT2D eigenvalue weighted by Gasteiger charge is -2.37. The molecular weight excluding hydrogens is 276 g/mol. The molecule has 1 aliphatic rings. The van der Waals surface area contributed by atoms with Crippen LogP contribution < -0.4 is 4.90 Å². The summed E-state index contributed by atoms with van der Waals surface area (Å²) in [4.78, 5) is 4.85. The molecular formula is C14H21BrN2. The molecule has 3 heteroatoms. The first kappa shape index (κ1) is 12.9. The highest BCUT2D eigenvalue weighted by atomic mass is 79.9. The summed E-state index contributed by atoms with van der Waals surface area (Å²) in [5.41, 5.74) is 2.66. The van der Waals surface area contributed by atoms with Crippen molar-refractivity contribution < 1.29 is 0 Å². The van der Waals surface area contributed by atoms with E-state index in [1.165, 1.54) is 37.2 Å². The van der Waals surface area contributed by atoms with Gasteiger partial charge in [0.25, 0.3) is 0 Å². The Morgan fingerprint density at radius 3 is 2.65 bits per heavy atom. The number of likely N-dealkylation sites (tertiary alicyclic amines) is 1. The van der Waals surface area contributed by atoms with Crippen molar-refractivity contribution in [2.24, 2.45) is 0 Å². The summed E-state index contributed by atoms with van der Waals surface area (Å²) in [5.74, 6) is 0. The molecule has 1 heterocycles. The number of piperidine rings is 1. The molecule has 94 valence electrons. The van der Waals surface area contributed by atoms with E-state index < -0.39 is 0 Å². The standard InChI is InChI=1S/C14H21BrN2/c1-16-9-3-4-14(11-16)17(2)13-7-5-12(10-15)6-8-13/h5-8,14H,3-4,9-11H2,1-2H3. The summed E-state index contributed by atoms with van der Waals surface area (Å²) >= 11 is 3.48. The van der Waals surface area contributed by atoms with Crippen molar-refractivity contribution in [3.63, 3.8) is 0 Å². The van der Waals surface area contributed by atoms with Crippen LogP contribution in [-0.4, -0.2) is 38.1 Å². The highest BCUT2D eigenvalue weighted by molar-refractivity contribution is 9.08.